The molecule has 0 aliphatic rings. The van der Waals surface area contributed by atoms with E-state index in [-0.39, 0.29) is 13.2 Å². The number of hydrogen-bond acceptors (Lipinski definition) is 4. The van der Waals surface area contributed by atoms with E-state index in [9.17, 15) is 5.11 Å². The molecule has 0 heterocycles. The second-order valence-corrected chi connectivity index (χ2v) is 4.85. The van der Waals surface area contributed by atoms with E-state index in [0.717, 1.165) is 17.9 Å². The molecule has 19 heavy (non-hydrogen) atoms. The fourth-order valence-corrected chi connectivity index (χ4v) is 2.02. The van der Waals surface area contributed by atoms with Gasteiger partial charge < -0.3 is 14.9 Å². The van der Waals surface area contributed by atoms with E-state index < -0.39 is 6.10 Å². The Balaban J connectivity index is 2.42. The Labute approximate surface area is 115 Å². The van der Waals surface area contributed by atoms with Crippen molar-refractivity contribution in [1.82, 2.24) is 4.90 Å². The van der Waals surface area contributed by atoms with Crippen LogP contribution in [0.25, 0.3) is 0 Å². The summed E-state index contributed by atoms with van der Waals surface area (Å²) < 4.78 is 5.64. The first-order chi connectivity index (χ1) is 9.06. The second-order valence-electron chi connectivity index (χ2n) is 4.85. The summed E-state index contributed by atoms with van der Waals surface area (Å²) in [4.78, 5) is 2.00. The Bertz CT molecular complexity index is 382. The third-order valence-corrected chi connectivity index (χ3v) is 3.09. The lowest BCUT2D eigenvalue weighted by atomic mass is 10.1. The van der Waals surface area contributed by atoms with Gasteiger partial charge in [-0.25, -0.2) is 0 Å². The summed E-state index contributed by atoms with van der Waals surface area (Å²) in [6, 6.07) is 5.99. The first-order valence-corrected chi connectivity index (χ1v) is 6.78. The number of aliphatic hydroxyl groups excluding tert-OH is 2. The molecule has 1 aromatic rings. The van der Waals surface area contributed by atoms with Gasteiger partial charge in [-0.1, -0.05) is 24.6 Å². The van der Waals surface area contributed by atoms with Gasteiger partial charge in [-0.2, -0.15) is 0 Å². The molecule has 1 atom stereocenters. The van der Waals surface area contributed by atoms with Gasteiger partial charge in [0.05, 0.1) is 6.61 Å². The van der Waals surface area contributed by atoms with Crippen molar-refractivity contribution < 1.29 is 14.9 Å². The number of benzene rings is 1. The summed E-state index contributed by atoms with van der Waals surface area (Å²) >= 11 is 0. The molecule has 0 saturated carbocycles. The van der Waals surface area contributed by atoms with Crippen molar-refractivity contribution in [2.75, 3.05) is 32.8 Å². The number of aryl methyl sites for hydroxylation is 2. The summed E-state index contributed by atoms with van der Waals surface area (Å²) in [5.41, 5.74) is 2.28. The zero-order valence-corrected chi connectivity index (χ0v) is 12.1. The van der Waals surface area contributed by atoms with Crippen molar-refractivity contribution in [2.24, 2.45) is 0 Å². The van der Waals surface area contributed by atoms with Gasteiger partial charge in [-0.3, -0.25) is 4.90 Å². The summed E-state index contributed by atoms with van der Waals surface area (Å²) in [5.74, 6) is 0.815. The molecule has 4 nitrogen and oxygen atoms in total. The molecule has 108 valence electrons. The molecule has 1 rings (SSSR count). The maximum absolute atomic E-state index is 9.94. The van der Waals surface area contributed by atoms with E-state index >= 15 is 0 Å². The molecule has 1 unspecified atom stereocenters. The molecule has 2 N–H and O–H groups in total. The number of rotatable bonds is 8. The highest BCUT2D eigenvalue weighted by molar-refractivity contribution is 5.35. The van der Waals surface area contributed by atoms with Crippen molar-refractivity contribution >= 4 is 0 Å². The van der Waals surface area contributed by atoms with Gasteiger partial charge in [-0.15, -0.1) is 0 Å². The fourth-order valence-electron chi connectivity index (χ4n) is 2.02. The predicted molar refractivity (Wildman–Crippen MR) is 76.6 cm³/mol. The van der Waals surface area contributed by atoms with Gasteiger partial charge >= 0.3 is 0 Å². The average Bonchev–Trinajstić information content (AvgIpc) is 2.37. The highest BCUT2D eigenvalue weighted by Crippen LogP contribution is 2.18. The summed E-state index contributed by atoms with van der Waals surface area (Å²) in [7, 11) is 0. The third kappa shape index (κ3) is 5.59. The number of aliphatic hydroxyl groups is 2. The Morgan fingerprint density at radius 2 is 2.05 bits per heavy atom. The van der Waals surface area contributed by atoms with Crippen molar-refractivity contribution in [1.29, 1.82) is 0 Å². The van der Waals surface area contributed by atoms with Crippen LogP contribution < -0.4 is 4.74 Å². The second kappa shape index (κ2) is 8.15. The van der Waals surface area contributed by atoms with E-state index in [1.54, 1.807) is 0 Å². The van der Waals surface area contributed by atoms with Gasteiger partial charge in [0, 0.05) is 13.1 Å². The molecule has 0 amide bonds. The van der Waals surface area contributed by atoms with Crippen LogP contribution in [0.5, 0.6) is 5.75 Å². The lowest BCUT2D eigenvalue weighted by Gasteiger charge is -2.23. The molecule has 0 bridgehead atoms. The predicted octanol–water partition coefficient (Wildman–Crippen LogP) is 1.36. The summed E-state index contributed by atoms with van der Waals surface area (Å²) in [6.45, 7) is 8.33. The molecule has 0 aliphatic carbocycles. The van der Waals surface area contributed by atoms with E-state index in [1.165, 1.54) is 5.56 Å². The monoisotopic (exact) mass is 267 g/mol. The number of nitrogens with zero attached hydrogens (tertiary/aromatic N) is 1. The molecule has 4 heteroatoms. The molecule has 0 radical (unpaired) electrons. The molecular formula is C15H25NO3. The van der Waals surface area contributed by atoms with Crippen molar-refractivity contribution in [3.05, 3.63) is 29.3 Å². The van der Waals surface area contributed by atoms with E-state index in [0.29, 0.717) is 13.1 Å². The Morgan fingerprint density at radius 3 is 2.63 bits per heavy atom. The zero-order chi connectivity index (χ0) is 14.3. The Morgan fingerprint density at radius 1 is 1.32 bits per heavy atom. The van der Waals surface area contributed by atoms with Crippen molar-refractivity contribution in [3.8, 4) is 5.75 Å². The largest absolute Gasteiger partial charge is 0.491 e. The SMILES string of the molecule is CCN(CCO)CC(O)COc1ccc(C)cc1C. The van der Waals surface area contributed by atoms with Crippen LogP contribution in [0.1, 0.15) is 18.1 Å². The van der Waals surface area contributed by atoms with Crippen LogP contribution in [0.15, 0.2) is 18.2 Å². The topological polar surface area (TPSA) is 52.9 Å². The Kier molecular flexibility index (Phi) is 6.84. The van der Waals surface area contributed by atoms with Gasteiger partial charge in [0.2, 0.25) is 0 Å². The number of hydrogen-bond donors (Lipinski definition) is 2. The smallest absolute Gasteiger partial charge is 0.122 e. The minimum atomic E-state index is -0.549. The Hall–Kier alpha value is -1.10. The highest BCUT2D eigenvalue weighted by atomic mass is 16.5. The van der Waals surface area contributed by atoms with Crippen LogP contribution in [-0.4, -0.2) is 54.1 Å². The minimum absolute atomic E-state index is 0.110. The van der Waals surface area contributed by atoms with Crippen molar-refractivity contribution in [2.45, 2.75) is 26.9 Å². The van der Waals surface area contributed by atoms with Gasteiger partial charge in [-0.05, 0) is 32.0 Å². The fraction of sp³-hybridized carbons (Fsp3) is 0.600. The maximum atomic E-state index is 9.94. The maximum Gasteiger partial charge on any atom is 0.122 e. The van der Waals surface area contributed by atoms with E-state index in [2.05, 4.69) is 6.07 Å². The van der Waals surface area contributed by atoms with E-state index in [1.807, 2.05) is 37.8 Å². The van der Waals surface area contributed by atoms with Crippen LogP contribution in [0, 0.1) is 13.8 Å². The molecule has 0 spiro atoms. The molecule has 1 aromatic carbocycles. The van der Waals surface area contributed by atoms with Gasteiger partial charge in [0.1, 0.15) is 18.5 Å². The lowest BCUT2D eigenvalue weighted by molar-refractivity contribution is 0.0636. The number of ether oxygens (including phenoxy) is 1. The van der Waals surface area contributed by atoms with Crippen LogP contribution in [0.2, 0.25) is 0 Å². The van der Waals surface area contributed by atoms with Crippen LogP contribution >= 0.6 is 0 Å². The molecule has 0 saturated heterocycles. The lowest BCUT2D eigenvalue weighted by Crippen LogP contribution is -2.37. The first-order valence-electron chi connectivity index (χ1n) is 6.78. The zero-order valence-electron chi connectivity index (χ0n) is 12.1. The standard InChI is InChI=1S/C15H25NO3/c1-4-16(7-8-17)10-14(18)11-19-15-6-5-12(2)9-13(15)3/h5-6,9,14,17-18H,4,7-8,10-11H2,1-3H3. The average molecular weight is 267 g/mol. The third-order valence-electron chi connectivity index (χ3n) is 3.09. The molecular weight excluding hydrogens is 242 g/mol. The summed E-state index contributed by atoms with van der Waals surface area (Å²) in [6.07, 6.45) is -0.549. The van der Waals surface area contributed by atoms with Crippen LogP contribution in [-0.2, 0) is 0 Å². The molecule has 0 fully saturated rings. The molecule has 0 aliphatic heterocycles. The normalized spacial score (nSPS) is 12.7. The number of likely N-dealkylation sites (N-methyl/N-ethyl adjacent to an activating group) is 1. The molecule has 0 aromatic heterocycles. The quantitative estimate of drug-likeness (QED) is 0.746. The van der Waals surface area contributed by atoms with Crippen LogP contribution in [0.4, 0.5) is 0 Å². The summed E-state index contributed by atoms with van der Waals surface area (Å²) in [5, 5.41) is 18.8. The highest BCUT2D eigenvalue weighted by Gasteiger charge is 2.11. The van der Waals surface area contributed by atoms with Gasteiger partial charge in [0.25, 0.3) is 0 Å². The van der Waals surface area contributed by atoms with Crippen LogP contribution in [0.3, 0.4) is 0 Å². The van der Waals surface area contributed by atoms with Crippen molar-refractivity contribution in [3.63, 3.8) is 0 Å². The minimum Gasteiger partial charge on any atom is -0.491 e. The first kappa shape index (κ1) is 16.0. The van der Waals surface area contributed by atoms with E-state index in [4.69, 9.17) is 9.84 Å². The van der Waals surface area contributed by atoms with Gasteiger partial charge in [0.15, 0.2) is 0 Å².